The van der Waals surface area contributed by atoms with E-state index in [4.69, 9.17) is 4.74 Å². The third-order valence-electron chi connectivity index (χ3n) is 6.95. The quantitative estimate of drug-likeness (QED) is 0.176. The second-order valence-electron chi connectivity index (χ2n) is 10.6. The lowest BCUT2D eigenvalue weighted by molar-refractivity contribution is -0.116. The number of benzene rings is 4. The zero-order valence-electron chi connectivity index (χ0n) is 23.6. The van der Waals surface area contributed by atoms with Gasteiger partial charge in [-0.1, -0.05) is 73.2 Å². The maximum Gasteiger partial charge on any atom is 0.158 e. The van der Waals surface area contributed by atoms with Crippen LogP contribution in [0.15, 0.2) is 109 Å². The van der Waals surface area contributed by atoms with Gasteiger partial charge in [0.05, 0.1) is 6.61 Å². The van der Waals surface area contributed by atoms with Gasteiger partial charge in [0.15, 0.2) is 5.78 Å². The Kier molecular flexibility index (Phi) is 9.38. The largest absolute Gasteiger partial charge is 0.493 e. The van der Waals surface area contributed by atoms with Gasteiger partial charge in [-0.05, 0) is 105 Å². The fourth-order valence-electron chi connectivity index (χ4n) is 4.48. The van der Waals surface area contributed by atoms with Crippen LogP contribution >= 0.6 is 0 Å². The molecule has 1 unspecified atom stereocenters. The topological polar surface area (TPSA) is 29.5 Å². The van der Waals surface area contributed by atoms with E-state index in [0.29, 0.717) is 18.6 Å². The Morgan fingerprint density at radius 1 is 0.718 bits per heavy atom. The van der Waals surface area contributed by atoms with E-state index in [9.17, 15) is 4.79 Å². The van der Waals surface area contributed by atoms with Crippen molar-refractivity contribution in [1.82, 2.24) is 0 Å². The summed E-state index contributed by atoms with van der Waals surface area (Å²) >= 11 is 0. The smallest absolute Gasteiger partial charge is 0.158 e. The maximum absolute atomic E-state index is 11.8. The second kappa shape index (κ2) is 13.1. The number of hydrogen-bond acceptors (Lipinski definition) is 3. The normalized spacial score (nSPS) is 11.6. The molecule has 0 aromatic heterocycles. The molecular weight excluding hydrogens is 478 g/mol. The monoisotopic (exact) mass is 517 g/mol. The number of nitrogens with zero attached hydrogens (tertiary/aromatic N) is 1. The molecule has 3 heteroatoms. The van der Waals surface area contributed by atoms with Crippen LogP contribution in [-0.4, -0.2) is 12.4 Å². The summed E-state index contributed by atoms with van der Waals surface area (Å²) in [5, 5.41) is 0. The number of anilines is 3. The maximum atomic E-state index is 11.8. The van der Waals surface area contributed by atoms with Gasteiger partial charge < -0.3 is 9.64 Å². The molecule has 39 heavy (non-hydrogen) atoms. The van der Waals surface area contributed by atoms with Crippen molar-refractivity contribution in [2.75, 3.05) is 11.5 Å². The number of allylic oxidation sites excluding steroid dienone is 1. The fraction of sp³-hybridized carbons (Fsp3) is 0.250. The van der Waals surface area contributed by atoms with Crippen molar-refractivity contribution in [2.45, 2.75) is 47.0 Å². The van der Waals surface area contributed by atoms with Crippen LogP contribution in [0.2, 0.25) is 0 Å². The highest BCUT2D eigenvalue weighted by Crippen LogP contribution is 2.34. The van der Waals surface area contributed by atoms with Crippen LogP contribution in [0.3, 0.4) is 0 Å². The molecule has 3 nitrogen and oxygen atoms in total. The number of Topliss-reactive ketones (excluding diaryl/α,β-unsaturated/α-hetero) is 1. The van der Waals surface area contributed by atoms with Crippen LogP contribution in [0.4, 0.5) is 17.1 Å². The minimum atomic E-state index is 0.104. The van der Waals surface area contributed by atoms with Gasteiger partial charge in [0.2, 0.25) is 0 Å². The summed E-state index contributed by atoms with van der Waals surface area (Å²) in [5.74, 6) is 1.10. The van der Waals surface area contributed by atoms with Crippen molar-refractivity contribution < 1.29 is 9.53 Å². The van der Waals surface area contributed by atoms with Crippen LogP contribution in [0, 0.1) is 19.8 Å². The van der Waals surface area contributed by atoms with Crippen LogP contribution in [0.1, 0.15) is 42.5 Å². The first kappa shape index (κ1) is 27.9. The van der Waals surface area contributed by atoms with Crippen molar-refractivity contribution >= 4 is 22.8 Å². The number of hydrogen-bond donors (Lipinski definition) is 0. The SMILES string of the molecule is C=C(C)C(=O)CC(C)COc1ccc(CCc2ccc(N(c3ccc(C)cc3)c3ccc(C)cc3)cc2)cc1. The standard InChI is InChI=1S/C36H39NO2/c1-26(2)36(38)24-29(5)25-39-35-22-14-31(15-23-35)11-10-30-12-20-34(21-13-30)37(32-16-6-27(3)7-17-32)33-18-8-28(4)9-19-33/h6-9,12-23,29H,1,10-11,24-25H2,2-5H3. The van der Waals surface area contributed by atoms with Crippen molar-refractivity contribution in [3.63, 3.8) is 0 Å². The van der Waals surface area contributed by atoms with Gasteiger partial charge in [0, 0.05) is 23.5 Å². The molecular formula is C36H39NO2. The molecule has 0 spiro atoms. The highest BCUT2D eigenvalue weighted by Gasteiger charge is 2.13. The number of aryl methyl sites for hydroxylation is 4. The van der Waals surface area contributed by atoms with E-state index in [1.807, 2.05) is 19.1 Å². The fourth-order valence-corrected chi connectivity index (χ4v) is 4.48. The Balaban J connectivity index is 1.37. The summed E-state index contributed by atoms with van der Waals surface area (Å²) in [5.41, 5.74) is 9.14. The summed E-state index contributed by atoms with van der Waals surface area (Å²) in [7, 11) is 0. The molecule has 0 aliphatic rings. The van der Waals surface area contributed by atoms with Crippen molar-refractivity contribution in [3.8, 4) is 5.75 Å². The molecule has 0 N–H and O–H groups in total. The van der Waals surface area contributed by atoms with Gasteiger partial charge in [-0.2, -0.15) is 0 Å². The Morgan fingerprint density at radius 3 is 1.56 bits per heavy atom. The molecule has 0 amide bonds. The van der Waals surface area contributed by atoms with Crippen molar-refractivity contribution in [1.29, 1.82) is 0 Å². The predicted molar refractivity (Wildman–Crippen MR) is 164 cm³/mol. The molecule has 4 aromatic carbocycles. The highest BCUT2D eigenvalue weighted by molar-refractivity contribution is 5.94. The lowest BCUT2D eigenvalue weighted by Crippen LogP contribution is -2.13. The highest BCUT2D eigenvalue weighted by atomic mass is 16.5. The Labute approximate surface area is 233 Å². The van der Waals surface area contributed by atoms with Crippen molar-refractivity contribution in [3.05, 3.63) is 131 Å². The Hall–Kier alpha value is -4.11. The zero-order chi connectivity index (χ0) is 27.8. The first-order chi connectivity index (χ1) is 18.8. The van der Waals surface area contributed by atoms with E-state index in [1.165, 1.54) is 22.3 Å². The second-order valence-corrected chi connectivity index (χ2v) is 10.6. The first-order valence-electron chi connectivity index (χ1n) is 13.7. The summed E-state index contributed by atoms with van der Waals surface area (Å²) in [6, 6.07) is 34.5. The van der Waals surface area contributed by atoms with Crippen LogP contribution < -0.4 is 9.64 Å². The molecule has 0 saturated heterocycles. The lowest BCUT2D eigenvalue weighted by Gasteiger charge is -2.26. The van der Waals surface area contributed by atoms with E-state index >= 15 is 0 Å². The van der Waals surface area contributed by atoms with E-state index in [-0.39, 0.29) is 11.7 Å². The summed E-state index contributed by atoms with van der Waals surface area (Å²) in [6.07, 6.45) is 2.40. The van der Waals surface area contributed by atoms with Crippen molar-refractivity contribution in [2.24, 2.45) is 5.92 Å². The first-order valence-corrected chi connectivity index (χ1v) is 13.7. The number of ketones is 1. The van der Waals surface area contributed by atoms with Crippen LogP contribution in [-0.2, 0) is 17.6 Å². The molecule has 0 bridgehead atoms. The zero-order valence-corrected chi connectivity index (χ0v) is 23.6. The Morgan fingerprint density at radius 2 is 1.13 bits per heavy atom. The number of carbonyl (C=O) groups is 1. The molecule has 0 radical (unpaired) electrons. The van der Waals surface area contributed by atoms with E-state index in [1.54, 1.807) is 6.92 Å². The van der Waals surface area contributed by atoms with Crippen LogP contribution in [0.5, 0.6) is 5.75 Å². The minimum absolute atomic E-state index is 0.104. The van der Waals surface area contributed by atoms with E-state index in [0.717, 1.165) is 35.7 Å². The predicted octanol–water partition coefficient (Wildman–Crippen LogP) is 9.11. The van der Waals surface area contributed by atoms with Gasteiger partial charge >= 0.3 is 0 Å². The number of ether oxygens (including phenoxy) is 1. The third kappa shape index (κ3) is 7.94. The molecule has 0 saturated carbocycles. The lowest BCUT2D eigenvalue weighted by atomic mass is 10.0. The average Bonchev–Trinajstić information content (AvgIpc) is 2.94. The molecule has 200 valence electrons. The molecule has 0 aliphatic heterocycles. The number of rotatable bonds is 12. The summed E-state index contributed by atoms with van der Waals surface area (Å²) in [6.45, 7) is 12.3. The average molecular weight is 518 g/mol. The van der Waals surface area contributed by atoms with E-state index < -0.39 is 0 Å². The van der Waals surface area contributed by atoms with Crippen LogP contribution in [0.25, 0.3) is 0 Å². The molecule has 4 aromatic rings. The third-order valence-corrected chi connectivity index (χ3v) is 6.95. The Bertz CT molecular complexity index is 1320. The molecule has 4 rings (SSSR count). The number of carbonyl (C=O) groups excluding carboxylic acids is 1. The summed E-state index contributed by atoms with van der Waals surface area (Å²) < 4.78 is 5.90. The van der Waals surface area contributed by atoms with Gasteiger partial charge in [0.25, 0.3) is 0 Å². The molecule has 1 atom stereocenters. The van der Waals surface area contributed by atoms with Gasteiger partial charge in [-0.3, -0.25) is 4.79 Å². The molecule has 0 heterocycles. The van der Waals surface area contributed by atoms with Gasteiger partial charge in [-0.25, -0.2) is 0 Å². The summed E-state index contributed by atoms with van der Waals surface area (Å²) in [4.78, 5) is 14.1. The van der Waals surface area contributed by atoms with Gasteiger partial charge in [0.1, 0.15) is 5.75 Å². The molecule has 0 aliphatic carbocycles. The minimum Gasteiger partial charge on any atom is -0.493 e. The van der Waals surface area contributed by atoms with E-state index in [2.05, 4.69) is 110 Å². The molecule has 0 fully saturated rings. The van der Waals surface area contributed by atoms with Gasteiger partial charge in [-0.15, -0.1) is 0 Å².